The van der Waals surface area contributed by atoms with Gasteiger partial charge in [0.05, 0.1) is 11.4 Å². The van der Waals surface area contributed by atoms with E-state index >= 15 is 0 Å². The fraction of sp³-hybridized carbons (Fsp3) is 0.318. The van der Waals surface area contributed by atoms with Crippen molar-refractivity contribution in [3.05, 3.63) is 131 Å². The lowest BCUT2D eigenvalue weighted by Crippen LogP contribution is -2.39. The second kappa shape index (κ2) is 15.5. The van der Waals surface area contributed by atoms with Crippen LogP contribution < -0.4 is 0 Å². The van der Waals surface area contributed by atoms with E-state index in [1.165, 1.54) is 35.7 Å². The Hall–Kier alpha value is -4.44. The zero-order valence-corrected chi connectivity index (χ0v) is 32.5. The van der Waals surface area contributed by atoms with Crippen LogP contribution in [0.2, 0.25) is 0 Å². The SMILES string of the molecule is CN1CCC(C)(c2cc(-c3ccnc(Br)c3)c(-c3ccc(F)cc3)[nH]2)CC1.CN1CCC(C)(c2cc(-c3ccncc3)c(-c3ccc(F)cc3)[nH]2)CC1. The Kier molecular flexibility index (Phi) is 10.8. The molecule has 8 rings (SSSR count). The second-order valence-corrected chi connectivity index (χ2v) is 16.1. The number of piperidine rings is 2. The normalized spacial score (nSPS) is 17.3. The smallest absolute Gasteiger partial charge is 0.123 e. The van der Waals surface area contributed by atoms with E-state index in [1.807, 2.05) is 60.9 Å². The minimum absolute atomic E-state index is 0.115. The van der Waals surface area contributed by atoms with Crippen molar-refractivity contribution in [2.75, 3.05) is 40.3 Å². The van der Waals surface area contributed by atoms with Crippen molar-refractivity contribution in [2.24, 2.45) is 0 Å². The lowest BCUT2D eigenvalue weighted by molar-refractivity contribution is 0.197. The van der Waals surface area contributed by atoms with Gasteiger partial charge in [-0.15, -0.1) is 0 Å². The number of hydrogen-bond donors (Lipinski definition) is 2. The molecule has 53 heavy (non-hydrogen) atoms. The van der Waals surface area contributed by atoms with Gasteiger partial charge in [0.15, 0.2) is 0 Å². The van der Waals surface area contributed by atoms with E-state index in [2.05, 4.69) is 85.7 Å². The Morgan fingerprint density at radius 1 is 0.566 bits per heavy atom. The molecule has 6 nitrogen and oxygen atoms in total. The van der Waals surface area contributed by atoms with Crippen molar-refractivity contribution in [3.63, 3.8) is 0 Å². The van der Waals surface area contributed by atoms with Crippen LogP contribution in [0.3, 0.4) is 0 Å². The van der Waals surface area contributed by atoms with Gasteiger partial charge in [-0.05, 0) is 189 Å². The molecule has 0 aliphatic carbocycles. The van der Waals surface area contributed by atoms with Crippen molar-refractivity contribution < 1.29 is 8.78 Å². The quantitative estimate of drug-likeness (QED) is 0.165. The van der Waals surface area contributed by atoms with Gasteiger partial charge in [-0.3, -0.25) is 4.98 Å². The molecule has 0 unspecified atom stereocenters. The summed E-state index contributed by atoms with van der Waals surface area (Å²) in [6, 6.07) is 26.0. The predicted molar refractivity (Wildman–Crippen MR) is 215 cm³/mol. The molecule has 2 saturated heterocycles. The molecule has 4 aromatic heterocycles. The van der Waals surface area contributed by atoms with E-state index in [4.69, 9.17) is 0 Å². The number of hydrogen-bond acceptors (Lipinski definition) is 4. The average molecular weight is 778 g/mol. The minimum Gasteiger partial charge on any atom is -0.357 e. The van der Waals surface area contributed by atoms with E-state index < -0.39 is 0 Å². The molecular weight excluding hydrogens is 730 g/mol. The Labute approximate surface area is 319 Å². The molecule has 2 aromatic carbocycles. The summed E-state index contributed by atoms with van der Waals surface area (Å²) < 4.78 is 27.6. The average Bonchev–Trinajstić information content (AvgIpc) is 3.83. The summed E-state index contributed by atoms with van der Waals surface area (Å²) >= 11 is 3.47. The molecule has 0 atom stereocenters. The number of nitrogens with zero attached hydrogens (tertiary/aromatic N) is 4. The zero-order valence-electron chi connectivity index (χ0n) is 30.9. The van der Waals surface area contributed by atoms with Gasteiger partial charge in [0.1, 0.15) is 16.2 Å². The molecule has 0 radical (unpaired) electrons. The van der Waals surface area contributed by atoms with Gasteiger partial charge < -0.3 is 19.8 Å². The monoisotopic (exact) mass is 776 g/mol. The summed E-state index contributed by atoms with van der Waals surface area (Å²) in [5, 5.41) is 0. The van der Waals surface area contributed by atoms with E-state index in [1.54, 1.807) is 6.20 Å². The van der Waals surface area contributed by atoms with Crippen LogP contribution in [0.4, 0.5) is 8.78 Å². The van der Waals surface area contributed by atoms with Gasteiger partial charge >= 0.3 is 0 Å². The van der Waals surface area contributed by atoms with Crippen LogP contribution >= 0.6 is 15.9 Å². The number of pyridine rings is 2. The predicted octanol–water partition coefficient (Wildman–Crippen LogP) is 10.5. The highest BCUT2D eigenvalue weighted by molar-refractivity contribution is 9.10. The maximum atomic E-state index is 13.4. The lowest BCUT2D eigenvalue weighted by atomic mass is 9.77. The Morgan fingerprint density at radius 2 is 0.981 bits per heavy atom. The Bertz CT molecular complexity index is 2130. The first-order valence-electron chi connectivity index (χ1n) is 18.4. The highest BCUT2D eigenvalue weighted by Crippen LogP contribution is 2.42. The first kappa shape index (κ1) is 36.9. The van der Waals surface area contributed by atoms with Crippen LogP contribution in [0.25, 0.3) is 44.8 Å². The molecule has 2 aliphatic heterocycles. The molecule has 274 valence electrons. The van der Waals surface area contributed by atoms with Gasteiger partial charge in [-0.2, -0.15) is 0 Å². The van der Waals surface area contributed by atoms with E-state index in [-0.39, 0.29) is 22.5 Å². The molecule has 0 saturated carbocycles. The minimum atomic E-state index is -0.221. The number of aromatic nitrogens is 4. The van der Waals surface area contributed by atoms with Gasteiger partial charge in [0, 0.05) is 51.9 Å². The van der Waals surface area contributed by atoms with Crippen molar-refractivity contribution in [2.45, 2.75) is 50.4 Å². The van der Waals surface area contributed by atoms with Crippen LogP contribution in [-0.2, 0) is 10.8 Å². The summed E-state index contributed by atoms with van der Waals surface area (Å²) in [6.07, 6.45) is 9.92. The number of aromatic amines is 2. The first-order chi connectivity index (χ1) is 25.5. The van der Waals surface area contributed by atoms with Crippen LogP contribution in [0, 0.1) is 11.6 Å². The van der Waals surface area contributed by atoms with Crippen molar-refractivity contribution in [1.82, 2.24) is 29.7 Å². The second-order valence-electron chi connectivity index (χ2n) is 15.3. The van der Waals surface area contributed by atoms with Gasteiger partial charge in [-0.25, -0.2) is 13.8 Å². The molecule has 0 amide bonds. The highest BCUT2D eigenvalue weighted by atomic mass is 79.9. The summed E-state index contributed by atoms with van der Waals surface area (Å²) in [6.45, 7) is 9.08. The summed E-state index contributed by atoms with van der Waals surface area (Å²) in [4.78, 5) is 20.5. The number of likely N-dealkylation sites (tertiary alicyclic amines) is 2. The molecule has 2 aliphatic rings. The molecule has 2 N–H and O–H groups in total. The highest BCUT2D eigenvalue weighted by Gasteiger charge is 2.34. The van der Waals surface area contributed by atoms with E-state index in [0.717, 1.165) is 101 Å². The number of benzene rings is 2. The Balaban J connectivity index is 0.000000164. The van der Waals surface area contributed by atoms with Crippen LogP contribution in [0.15, 0.2) is 108 Å². The molecule has 9 heteroatoms. The standard InChI is InChI=1S/C22H23BrFN3.C22H24FN3/c1-22(8-11-27(2)12-9-22)19-14-18(16-7-10-25-20(23)13-16)21(26-19)15-3-5-17(24)6-4-15;1-22(9-13-26(2)14-10-22)20-15-19(16-7-11-24-12-8-16)21(25-20)17-3-5-18(23)6-4-17/h3-7,10,13-14,26H,8-9,11-12H2,1-2H3;3-8,11-12,15,25H,9-10,13-14H2,1-2H3. The fourth-order valence-electron chi connectivity index (χ4n) is 7.57. The molecular formula is C44H47BrF2N6. The number of H-pyrrole nitrogens is 2. The van der Waals surface area contributed by atoms with Crippen LogP contribution in [0.1, 0.15) is 50.9 Å². The third-order valence-electron chi connectivity index (χ3n) is 11.4. The first-order valence-corrected chi connectivity index (χ1v) is 19.2. The van der Waals surface area contributed by atoms with Crippen molar-refractivity contribution in [1.29, 1.82) is 0 Å². The molecule has 6 heterocycles. The third-order valence-corrected chi connectivity index (χ3v) is 11.8. The van der Waals surface area contributed by atoms with Gasteiger partial charge in [-0.1, -0.05) is 13.8 Å². The lowest BCUT2D eigenvalue weighted by Gasteiger charge is -2.37. The van der Waals surface area contributed by atoms with Crippen LogP contribution in [-0.4, -0.2) is 70.0 Å². The number of rotatable bonds is 6. The number of halogens is 3. The van der Waals surface area contributed by atoms with Gasteiger partial charge in [0.2, 0.25) is 0 Å². The summed E-state index contributed by atoms with van der Waals surface area (Å²) in [7, 11) is 4.36. The number of nitrogens with one attached hydrogen (secondary N) is 2. The largest absolute Gasteiger partial charge is 0.357 e. The molecule has 2 fully saturated rings. The van der Waals surface area contributed by atoms with Crippen LogP contribution in [0.5, 0.6) is 0 Å². The molecule has 6 aromatic rings. The summed E-state index contributed by atoms with van der Waals surface area (Å²) in [5.41, 5.74) is 11.3. The van der Waals surface area contributed by atoms with Crippen molar-refractivity contribution >= 4 is 15.9 Å². The molecule has 0 spiro atoms. The fourth-order valence-corrected chi connectivity index (χ4v) is 7.93. The van der Waals surface area contributed by atoms with E-state index in [9.17, 15) is 8.78 Å². The summed E-state index contributed by atoms with van der Waals surface area (Å²) in [5.74, 6) is -0.436. The molecule has 0 bridgehead atoms. The topological polar surface area (TPSA) is 63.8 Å². The maximum absolute atomic E-state index is 13.4. The van der Waals surface area contributed by atoms with E-state index in [0.29, 0.717) is 0 Å². The van der Waals surface area contributed by atoms with Gasteiger partial charge in [0.25, 0.3) is 0 Å². The Morgan fingerprint density at radius 3 is 1.42 bits per heavy atom. The third kappa shape index (κ3) is 8.22. The maximum Gasteiger partial charge on any atom is 0.123 e. The van der Waals surface area contributed by atoms with Crippen molar-refractivity contribution in [3.8, 4) is 44.8 Å². The zero-order chi connectivity index (χ0) is 37.2.